The zero-order valence-electron chi connectivity index (χ0n) is 11.0. The van der Waals surface area contributed by atoms with Crippen molar-refractivity contribution in [1.82, 2.24) is 0 Å². The maximum absolute atomic E-state index is 13.6. The summed E-state index contributed by atoms with van der Waals surface area (Å²) in [5, 5.41) is 0.249. The van der Waals surface area contributed by atoms with Crippen LogP contribution in [0.15, 0.2) is 42.5 Å². The molecule has 3 N–H and O–H groups in total. The average molecular weight is 329 g/mol. The van der Waals surface area contributed by atoms with Gasteiger partial charge in [-0.05, 0) is 29.3 Å². The first-order valence-electron chi connectivity index (χ1n) is 6.13. The second-order valence-corrected chi connectivity index (χ2v) is 6.67. The van der Waals surface area contributed by atoms with E-state index in [1.54, 1.807) is 24.3 Å². The van der Waals surface area contributed by atoms with Gasteiger partial charge in [0.1, 0.15) is 5.82 Å². The Morgan fingerprint density at radius 3 is 2.57 bits per heavy atom. The third kappa shape index (κ3) is 4.42. The molecule has 0 aliphatic heterocycles. The zero-order chi connectivity index (χ0) is 15.5. The molecule has 0 heterocycles. The highest BCUT2D eigenvalue weighted by atomic mass is 35.5. The van der Waals surface area contributed by atoms with E-state index in [0.717, 1.165) is 11.6 Å². The molecule has 0 spiro atoms. The lowest BCUT2D eigenvalue weighted by molar-refractivity contribution is 0.598. The van der Waals surface area contributed by atoms with Crippen LogP contribution in [0.4, 0.5) is 10.1 Å². The summed E-state index contributed by atoms with van der Waals surface area (Å²) in [6.07, 6.45) is 0. The Morgan fingerprint density at radius 2 is 1.86 bits per heavy atom. The van der Waals surface area contributed by atoms with E-state index < -0.39 is 15.8 Å². The second-order valence-electron chi connectivity index (χ2n) is 4.51. The number of rotatable bonds is 5. The van der Waals surface area contributed by atoms with Gasteiger partial charge in [-0.15, -0.1) is 0 Å². The van der Waals surface area contributed by atoms with Crippen LogP contribution in [-0.4, -0.2) is 8.42 Å². The topological polar surface area (TPSA) is 72.2 Å². The van der Waals surface area contributed by atoms with Gasteiger partial charge in [0.2, 0.25) is 10.0 Å². The Bertz CT molecular complexity index is 750. The van der Waals surface area contributed by atoms with Gasteiger partial charge < -0.3 is 5.73 Å². The van der Waals surface area contributed by atoms with E-state index in [-0.39, 0.29) is 16.5 Å². The first kappa shape index (κ1) is 15.8. The van der Waals surface area contributed by atoms with E-state index >= 15 is 0 Å². The number of halogens is 2. The zero-order valence-corrected chi connectivity index (χ0v) is 12.6. The lowest BCUT2D eigenvalue weighted by atomic mass is 10.1. The Kier molecular flexibility index (Phi) is 4.82. The monoisotopic (exact) mass is 328 g/mol. The van der Waals surface area contributed by atoms with Crippen LogP contribution in [0.3, 0.4) is 0 Å². The SMILES string of the molecule is NCc1cccc(CS(=O)(=O)Nc2cc(Cl)ccc2F)c1. The number of sulfonamides is 1. The van der Waals surface area contributed by atoms with Gasteiger partial charge in [-0.3, -0.25) is 4.72 Å². The first-order chi connectivity index (χ1) is 9.89. The van der Waals surface area contributed by atoms with Crippen LogP contribution in [0.25, 0.3) is 0 Å². The molecule has 0 radical (unpaired) electrons. The standard InChI is InChI=1S/C14H14ClFN2O2S/c15-12-4-5-13(16)14(7-12)18-21(19,20)9-11-3-1-2-10(6-11)8-17/h1-7,18H,8-9,17H2. The van der Waals surface area contributed by atoms with Crippen LogP contribution in [0.2, 0.25) is 5.02 Å². The minimum Gasteiger partial charge on any atom is -0.326 e. The van der Waals surface area contributed by atoms with Crippen molar-refractivity contribution in [2.24, 2.45) is 5.73 Å². The highest BCUT2D eigenvalue weighted by Gasteiger charge is 2.15. The number of nitrogens with two attached hydrogens (primary N) is 1. The molecule has 0 aliphatic rings. The maximum Gasteiger partial charge on any atom is 0.237 e. The van der Waals surface area contributed by atoms with Crippen LogP contribution < -0.4 is 10.5 Å². The van der Waals surface area contributed by atoms with Gasteiger partial charge in [-0.2, -0.15) is 0 Å². The van der Waals surface area contributed by atoms with Crippen molar-refractivity contribution in [2.45, 2.75) is 12.3 Å². The van der Waals surface area contributed by atoms with Crippen molar-refractivity contribution >= 4 is 27.3 Å². The predicted octanol–water partition coefficient (Wildman–Crippen LogP) is 2.88. The van der Waals surface area contributed by atoms with Gasteiger partial charge in [0.15, 0.2) is 0 Å². The minimum absolute atomic E-state index is 0.169. The van der Waals surface area contributed by atoms with Crippen LogP contribution in [0, 0.1) is 5.82 Å². The quantitative estimate of drug-likeness (QED) is 0.886. The number of benzene rings is 2. The highest BCUT2D eigenvalue weighted by Crippen LogP contribution is 2.21. The third-order valence-electron chi connectivity index (χ3n) is 2.78. The Morgan fingerprint density at radius 1 is 1.14 bits per heavy atom. The number of hydrogen-bond donors (Lipinski definition) is 2. The molecule has 4 nitrogen and oxygen atoms in total. The molecular formula is C14H14ClFN2O2S. The van der Waals surface area contributed by atoms with Gasteiger partial charge in [0.05, 0.1) is 11.4 Å². The van der Waals surface area contributed by atoms with Gasteiger partial charge in [0.25, 0.3) is 0 Å². The molecule has 0 saturated carbocycles. The molecule has 112 valence electrons. The van der Waals surface area contributed by atoms with Crippen LogP contribution >= 0.6 is 11.6 Å². The molecule has 0 unspecified atom stereocenters. The van der Waals surface area contributed by atoms with Crippen LogP contribution in [0.1, 0.15) is 11.1 Å². The summed E-state index contributed by atoms with van der Waals surface area (Å²) in [6, 6.07) is 10.6. The van der Waals surface area contributed by atoms with Crippen LogP contribution in [0.5, 0.6) is 0 Å². The third-order valence-corrected chi connectivity index (χ3v) is 4.26. The largest absolute Gasteiger partial charge is 0.326 e. The summed E-state index contributed by atoms with van der Waals surface area (Å²) >= 11 is 5.73. The fraction of sp³-hybridized carbons (Fsp3) is 0.143. The molecule has 2 aromatic carbocycles. The van der Waals surface area contributed by atoms with Gasteiger partial charge in [-0.1, -0.05) is 35.9 Å². The summed E-state index contributed by atoms with van der Waals surface area (Å²) in [5.41, 5.74) is 6.75. The molecule has 2 rings (SSSR count). The van der Waals surface area contributed by atoms with Gasteiger partial charge in [-0.25, -0.2) is 12.8 Å². The molecule has 0 saturated heterocycles. The predicted molar refractivity (Wildman–Crippen MR) is 82.0 cm³/mol. The molecule has 0 aromatic heterocycles. The molecule has 0 fully saturated rings. The fourth-order valence-electron chi connectivity index (χ4n) is 1.85. The molecule has 7 heteroatoms. The molecule has 2 aromatic rings. The minimum atomic E-state index is -3.74. The summed E-state index contributed by atoms with van der Waals surface area (Å²) in [7, 11) is -3.74. The summed E-state index contributed by atoms with van der Waals surface area (Å²) in [6.45, 7) is 0.324. The molecule has 0 bridgehead atoms. The molecule has 21 heavy (non-hydrogen) atoms. The number of nitrogens with one attached hydrogen (secondary N) is 1. The fourth-order valence-corrected chi connectivity index (χ4v) is 3.20. The van der Waals surface area contributed by atoms with Crippen molar-refractivity contribution in [3.8, 4) is 0 Å². The normalized spacial score (nSPS) is 11.4. The van der Waals surface area contributed by atoms with E-state index in [2.05, 4.69) is 4.72 Å². The van der Waals surface area contributed by atoms with Crippen molar-refractivity contribution in [1.29, 1.82) is 0 Å². The molecule has 0 amide bonds. The van der Waals surface area contributed by atoms with E-state index in [4.69, 9.17) is 17.3 Å². The first-order valence-corrected chi connectivity index (χ1v) is 8.16. The van der Waals surface area contributed by atoms with Crippen molar-refractivity contribution < 1.29 is 12.8 Å². The molecule has 0 aliphatic carbocycles. The Hall–Kier alpha value is -1.63. The van der Waals surface area contributed by atoms with E-state index in [9.17, 15) is 12.8 Å². The van der Waals surface area contributed by atoms with Crippen LogP contribution in [-0.2, 0) is 22.3 Å². The smallest absolute Gasteiger partial charge is 0.237 e. The van der Waals surface area contributed by atoms with E-state index in [0.29, 0.717) is 12.1 Å². The lowest BCUT2D eigenvalue weighted by Gasteiger charge is -2.10. The van der Waals surface area contributed by atoms with E-state index in [1.165, 1.54) is 12.1 Å². The van der Waals surface area contributed by atoms with Crippen molar-refractivity contribution in [2.75, 3.05) is 4.72 Å². The van der Waals surface area contributed by atoms with Crippen molar-refractivity contribution in [3.05, 3.63) is 64.4 Å². The second kappa shape index (κ2) is 6.43. The maximum atomic E-state index is 13.6. The van der Waals surface area contributed by atoms with Gasteiger partial charge >= 0.3 is 0 Å². The summed E-state index contributed by atoms with van der Waals surface area (Å²) in [4.78, 5) is 0. The van der Waals surface area contributed by atoms with Gasteiger partial charge in [0, 0.05) is 11.6 Å². The molecule has 0 atom stereocenters. The van der Waals surface area contributed by atoms with Crippen molar-refractivity contribution in [3.63, 3.8) is 0 Å². The summed E-state index contributed by atoms with van der Waals surface area (Å²) in [5.74, 6) is -0.953. The lowest BCUT2D eigenvalue weighted by Crippen LogP contribution is -2.16. The Labute approximate surface area is 127 Å². The number of hydrogen-bond acceptors (Lipinski definition) is 3. The highest BCUT2D eigenvalue weighted by molar-refractivity contribution is 7.91. The Balaban J connectivity index is 2.20. The average Bonchev–Trinajstić information content (AvgIpc) is 2.42. The molecular weight excluding hydrogens is 315 g/mol. The summed E-state index contributed by atoms with van der Waals surface area (Å²) < 4.78 is 39.9. The van der Waals surface area contributed by atoms with E-state index in [1.807, 2.05) is 0 Å². The number of anilines is 1.